The highest BCUT2D eigenvalue weighted by molar-refractivity contribution is 8.03. The second kappa shape index (κ2) is 4.17. The Bertz CT molecular complexity index is 415. The molecule has 0 bridgehead atoms. The van der Waals surface area contributed by atoms with Crippen LogP contribution < -0.4 is 4.90 Å². The van der Waals surface area contributed by atoms with Gasteiger partial charge in [-0.25, -0.2) is 0 Å². The van der Waals surface area contributed by atoms with Crippen molar-refractivity contribution in [1.29, 1.82) is 0 Å². The molecule has 0 radical (unpaired) electrons. The van der Waals surface area contributed by atoms with Crippen LogP contribution in [-0.2, 0) is 0 Å². The summed E-state index contributed by atoms with van der Waals surface area (Å²) in [5, 5.41) is 1.37. The zero-order valence-electron chi connectivity index (χ0n) is 10.4. The van der Waals surface area contributed by atoms with Gasteiger partial charge in [-0.05, 0) is 30.5 Å². The van der Waals surface area contributed by atoms with Crippen LogP contribution in [0.2, 0.25) is 0 Å². The maximum atomic E-state index is 2.39. The first-order valence-electron chi connectivity index (χ1n) is 5.78. The largest absolute Gasteiger partial charge is 0.336 e. The first kappa shape index (κ1) is 11.6. The molecule has 0 fully saturated rings. The van der Waals surface area contributed by atoms with E-state index in [0.717, 1.165) is 6.54 Å². The van der Waals surface area contributed by atoms with E-state index in [-0.39, 0.29) is 5.41 Å². The fraction of sp³-hybridized carbons (Fsp3) is 0.429. The van der Waals surface area contributed by atoms with Gasteiger partial charge in [-0.2, -0.15) is 0 Å². The Balaban J connectivity index is 2.38. The van der Waals surface area contributed by atoms with Crippen LogP contribution in [0.25, 0.3) is 0 Å². The third-order valence-electron chi connectivity index (χ3n) is 2.51. The molecule has 2 rings (SSSR count). The quantitative estimate of drug-likeness (QED) is 0.702. The molecule has 0 unspecified atom stereocenters. The summed E-state index contributed by atoms with van der Waals surface area (Å²) in [6, 6.07) is 8.63. The van der Waals surface area contributed by atoms with E-state index in [0.29, 0.717) is 0 Å². The van der Waals surface area contributed by atoms with Gasteiger partial charge in [-0.3, -0.25) is 0 Å². The number of hydrogen-bond acceptors (Lipinski definition) is 2. The van der Waals surface area contributed by atoms with Gasteiger partial charge in [0.15, 0.2) is 0 Å². The van der Waals surface area contributed by atoms with Crippen LogP contribution in [0.1, 0.15) is 27.7 Å². The van der Waals surface area contributed by atoms with Crippen molar-refractivity contribution in [3.05, 3.63) is 35.4 Å². The molecule has 0 saturated carbocycles. The SMILES string of the molecule is CCN1/C(=C/C(C)(C)C)Sc2ccccc21. The maximum Gasteiger partial charge on any atom is 0.0766 e. The molecule has 0 amide bonds. The first-order valence-corrected chi connectivity index (χ1v) is 6.60. The Hall–Kier alpha value is -0.890. The fourth-order valence-corrected chi connectivity index (χ4v) is 3.26. The molecular weight excluding hydrogens is 214 g/mol. The summed E-state index contributed by atoms with van der Waals surface area (Å²) in [7, 11) is 0. The van der Waals surface area contributed by atoms with Gasteiger partial charge in [0.2, 0.25) is 0 Å². The molecule has 0 aromatic heterocycles. The number of allylic oxidation sites excluding steroid dienone is 1. The lowest BCUT2D eigenvalue weighted by Gasteiger charge is -2.21. The van der Waals surface area contributed by atoms with Crippen molar-refractivity contribution in [2.45, 2.75) is 32.6 Å². The van der Waals surface area contributed by atoms with Gasteiger partial charge in [0, 0.05) is 11.4 Å². The zero-order valence-corrected chi connectivity index (χ0v) is 11.3. The van der Waals surface area contributed by atoms with E-state index in [1.165, 1.54) is 15.6 Å². The molecule has 0 saturated heterocycles. The highest BCUT2D eigenvalue weighted by atomic mass is 32.2. The Morgan fingerprint density at radius 3 is 2.56 bits per heavy atom. The van der Waals surface area contributed by atoms with Crippen molar-refractivity contribution >= 4 is 17.4 Å². The molecule has 0 atom stereocenters. The van der Waals surface area contributed by atoms with Crippen molar-refractivity contribution in [1.82, 2.24) is 0 Å². The first-order chi connectivity index (χ1) is 7.51. The summed E-state index contributed by atoms with van der Waals surface area (Å²) in [6.45, 7) is 9.98. The van der Waals surface area contributed by atoms with Crippen LogP contribution >= 0.6 is 11.8 Å². The molecule has 16 heavy (non-hydrogen) atoms. The van der Waals surface area contributed by atoms with Gasteiger partial charge in [-0.1, -0.05) is 44.7 Å². The van der Waals surface area contributed by atoms with Gasteiger partial charge in [0.1, 0.15) is 0 Å². The summed E-state index contributed by atoms with van der Waals surface area (Å²) >= 11 is 1.88. The number of thioether (sulfide) groups is 1. The lowest BCUT2D eigenvalue weighted by Crippen LogP contribution is -2.18. The summed E-state index contributed by atoms with van der Waals surface area (Å²) in [5.41, 5.74) is 1.59. The van der Waals surface area contributed by atoms with Gasteiger partial charge in [-0.15, -0.1) is 0 Å². The topological polar surface area (TPSA) is 3.24 Å². The molecule has 1 aliphatic rings. The molecule has 0 N–H and O–H groups in total. The van der Waals surface area contributed by atoms with E-state index in [1.54, 1.807) is 0 Å². The lowest BCUT2D eigenvalue weighted by atomic mass is 9.97. The summed E-state index contributed by atoms with van der Waals surface area (Å²) < 4.78 is 0. The molecule has 1 heterocycles. The molecule has 1 nitrogen and oxygen atoms in total. The molecule has 2 heteroatoms. The number of hydrogen-bond donors (Lipinski definition) is 0. The van der Waals surface area contributed by atoms with E-state index >= 15 is 0 Å². The molecule has 1 aliphatic heterocycles. The summed E-state index contributed by atoms with van der Waals surface area (Å²) in [4.78, 5) is 3.77. The Morgan fingerprint density at radius 2 is 1.94 bits per heavy atom. The van der Waals surface area contributed by atoms with Crippen LogP contribution in [0, 0.1) is 5.41 Å². The van der Waals surface area contributed by atoms with Crippen molar-refractivity contribution in [2.24, 2.45) is 5.41 Å². The monoisotopic (exact) mass is 233 g/mol. The van der Waals surface area contributed by atoms with Crippen molar-refractivity contribution in [3.8, 4) is 0 Å². The average Bonchev–Trinajstić information content (AvgIpc) is 2.51. The summed E-state index contributed by atoms with van der Waals surface area (Å²) in [5.74, 6) is 0. The number of anilines is 1. The predicted octanol–water partition coefficient (Wildman–Crippen LogP) is 4.51. The molecule has 86 valence electrons. The van der Waals surface area contributed by atoms with Crippen molar-refractivity contribution in [3.63, 3.8) is 0 Å². The van der Waals surface area contributed by atoms with Crippen LogP contribution in [0.5, 0.6) is 0 Å². The van der Waals surface area contributed by atoms with Crippen LogP contribution in [-0.4, -0.2) is 6.54 Å². The summed E-state index contributed by atoms with van der Waals surface area (Å²) in [6.07, 6.45) is 2.36. The van der Waals surface area contributed by atoms with E-state index in [1.807, 2.05) is 11.8 Å². The minimum Gasteiger partial charge on any atom is -0.336 e. The minimum atomic E-state index is 0.234. The molecular formula is C14H19NS. The molecule has 0 spiro atoms. The van der Waals surface area contributed by atoms with Crippen molar-refractivity contribution < 1.29 is 0 Å². The van der Waals surface area contributed by atoms with E-state index in [9.17, 15) is 0 Å². The van der Waals surface area contributed by atoms with E-state index < -0.39 is 0 Å². The number of rotatable bonds is 1. The second-order valence-electron chi connectivity index (χ2n) is 5.16. The standard InChI is InChI=1S/C14H19NS/c1-5-15-11-8-6-7-9-12(11)16-13(15)10-14(2,3)4/h6-10H,5H2,1-4H3/b13-10-. The smallest absolute Gasteiger partial charge is 0.0766 e. The predicted molar refractivity (Wildman–Crippen MR) is 72.9 cm³/mol. The highest BCUT2D eigenvalue weighted by Gasteiger charge is 2.24. The normalized spacial score (nSPS) is 18.0. The fourth-order valence-electron chi connectivity index (χ4n) is 1.86. The second-order valence-corrected chi connectivity index (χ2v) is 6.22. The Labute approximate surface area is 103 Å². The number of fused-ring (bicyclic) bond motifs is 1. The number of para-hydroxylation sites is 1. The van der Waals surface area contributed by atoms with E-state index in [4.69, 9.17) is 0 Å². The molecule has 0 aliphatic carbocycles. The van der Waals surface area contributed by atoms with E-state index in [2.05, 4.69) is 62.9 Å². The van der Waals surface area contributed by atoms with Gasteiger partial charge in [0.25, 0.3) is 0 Å². The molecule has 1 aromatic carbocycles. The zero-order chi connectivity index (χ0) is 11.8. The Kier molecular flexibility index (Phi) is 3.02. The highest BCUT2D eigenvalue weighted by Crippen LogP contribution is 2.46. The molecule has 1 aromatic rings. The average molecular weight is 233 g/mol. The lowest BCUT2D eigenvalue weighted by molar-refractivity contribution is 0.541. The number of benzene rings is 1. The number of nitrogens with zero attached hydrogens (tertiary/aromatic N) is 1. The van der Waals surface area contributed by atoms with Gasteiger partial charge >= 0.3 is 0 Å². The van der Waals surface area contributed by atoms with Crippen molar-refractivity contribution in [2.75, 3.05) is 11.4 Å². The van der Waals surface area contributed by atoms with Gasteiger partial charge in [0.05, 0.1) is 10.7 Å². The minimum absolute atomic E-state index is 0.234. The third-order valence-corrected chi connectivity index (χ3v) is 3.62. The van der Waals surface area contributed by atoms with Crippen LogP contribution in [0.3, 0.4) is 0 Å². The third kappa shape index (κ3) is 2.27. The van der Waals surface area contributed by atoms with Crippen LogP contribution in [0.4, 0.5) is 5.69 Å². The Morgan fingerprint density at radius 1 is 1.25 bits per heavy atom. The van der Waals surface area contributed by atoms with Gasteiger partial charge < -0.3 is 4.90 Å². The van der Waals surface area contributed by atoms with Crippen LogP contribution in [0.15, 0.2) is 40.3 Å². The maximum absolute atomic E-state index is 2.39.